The Morgan fingerprint density at radius 3 is 2.08 bits per heavy atom. The minimum atomic E-state index is -0.331. The molecular formula is C22H26BrNO2. The molecule has 3 nitrogen and oxygen atoms in total. The smallest absolute Gasteiger partial charge is 0.338 e. The zero-order chi connectivity index (χ0) is 18.1. The van der Waals surface area contributed by atoms with Gasteiger partial charge < -0.3 is 26.2 Å². The van der Waals surface area contributed by atoms with Crippen molar-refractivity contribution in [2.45, 2.75) is 20.0 Å². The Balaban J connectivity index is 0.00000338. The van der Waals surface area contributed by atoms with E-state index < -0.39 is 0 Å². The summed E-state index contributed by atoms with van der Waals surface area (Å²) in [6, 6.07) is 19.0. The first kappa shape index (κ1) is 22.0. The molecule has 0 bridgehead atoms. The topological polar surface area (TPSA) is 26.3 Å². The molecule has 26 heavy (non-hydrogen) atoms. The number of quaternary nitrogens is 1. The first-order valence-corrected chi connectivity index (χ1v) is 8.73. The summed E-state index contributed by atoms with van der Waals surface area (Å²) in [6.45, 7) is 7.34. The van der Waals surface area contributed by atoms with Crippen molar-refractivity contribution < 1.29 is 31.0 Å². The fourth-order valence-electron chi connectivity index (χ4n) is 2.97. The second kappa shape index (κ2) is 10.8. The van der Waals surface area contributed by atoms with E-state index in [1.165, 1.54) is 0 Å². The summed E-state index contributed by atoms with van der Waals surface area (Å²) in [4.78, 5) is 12.6. The number of esters is 1. The summed E-state index contributed by atoms with van der Waals surface area (Å²) in [5.74, 6) is 2.48. The van der Waals surface area contributed by atoms with Crippen LogP contribution < -0.4 is 17.0 Å². The maximum Gasteiger partial charge on any atom is 0.338 e. The summed E-state index contributed by atoms with van der Waals surface area (Å²) in [5.41, 5.74) is 1.56. The molecule has 0 aromatic heterocycles. The highest BCUT2D eigenvalue weighted by Crippen LogP contribution is 2.24. The summed E-state index contributed by atoms with van der Waals surface area (Å²) in [5, 5.41) is 0. The number of ether oxygens (including phenoxy) is 1. The highest BCUT2D eigenvalue weighted by atomic mass is 79.9. The highest BCUT2D eigenvalue weighted by molar-refractivity contribution is 5.89. The Kier molecular flexibility index (Phi) is 9.12. The molecule has 4 heteroatoms. The van der Waals surface area contributed by atoms with Crippen LogP contribution in [-0.4, -0.2) is 36.6 Å². The number of carbonyl (C=O) groups is 1. The standard InChI is InChI=1S/C22H26NO2.BrH/c1-4-17-23(5-2,6-3)18-21(19-13-9-7-10-14-19)25-22(24)20-15-11-8-12-16-20;/h1,7-16,21H,5-6,17-18H2,2-3H3;1H/q+1;/p-1. The molecule has 2 rings (SSSR count). The number of terminal acetylenes is 1. The predicted octanol–water partition coefficient (Wildman–Crippen LogP) is 1.08. The third-order valence-electron chi connectivity index (χ3n) is 4.75. The molecule has 2 aromatic carbocycles. The summed E-state index contributed by atoms with van der Waals surface area (Å²) < 4.78 is 6.63. The lowest BCUT2D eigenvalue weighted by Crippen LogP contribution is -3.00. The van der Waals surface area contributed by atoms with Gasteiger partial charge in [-0.2, -0.15) is 0 Å². The van der Waals surface area contributed by atoms with Crippen LogP contribution in [0.5, 0.6) is 0 Å². The predicted molar refractivity (Wildman–Crippen MR) is 101 cm³/mol. The Bertz CT molecular complexity index is 706. The fourth-order valence-corrected chi connectivity index (χ4v) is 2.97. The van der Waals surface area contributed by atoms with Gasteiger partial charge in [0.2, 0.25) is 0 Å². The van der Waals surface area contributed by atoms with Crippen molar-refractivity contribution in [1.82, 2.24) is 0 Å². The molecule has 0 fully saturated rings. The zero-order valence-corrected chi connectivity index (χ0v) is 17.0. The molecular weight excluding hydrogens is 390 g/mol. The molecule has 0 spiro atoms. The van der Waals surface area contributed by atoms with E-state index in [-0.39, 0.29) is 29.1 Å². The Morgan fingerprint density at radius 1 is 1.04 bits per heavy atom. The normalized spacial score (nSPS) is 11.7. The molecule has 0 radical (unpaired) electrons. The summed E-state index contributed by atoms with van der Waals surface area (Å²) in [7, 11) is 0. The molecule has 0 aliphatic heterocycles. The van der Waals surface area contributed by atoms with Gasteiger partial charge in [0.1, 0.15) is 13.1 Å². The molecule has 0 saturated heterocycles. The summed E-state index contributed by atoms with van der Waals surface area (Å²) >= 11 is 0. The Labute approximate surface area is 167 Å². The van der Waals surface area contributed by atoms with Crippen molar-refractivity contribution >= 4 is 5.97 Å². The average molecular weight is 416 g/mol. The first-order chi connectivity index (χ1) is 12.1. The van der Waals surface area contributed by atoms with Gasteiger partial charge in [-0.3, -0.25) is 0 Å². The number of hydrogen-bond acceptors (Lipinski definition) is 2. The van der Waals surface area contributed by atoms with E-state index in [1.807, 2.05) is 48.5 Å². The number of likely N-dealkylation sites (N-methyl/N-ethyl adjacent to an activating group) is 1. The highest BCUT2D eigenvalue weighted by Gasteiger charge is 2.30. The SMILES string of the molecule is C#CC[N+](CC)(CC)CC(OC(=O)c1ccccc1)c1ccccc1.[Br-]. The monoisotopic (exact) mass is 415 g/mol. The molecule has 0 saturated carbocycles. The molecule has 138 valence electrons. The quantitative estimate of drug-likeness (QED) is 0.366. The van der Waals surface area contributed by atoms with Gasteiger partial charge in [0.05, 0.1) is 18.7 Å². The fraction of sp³-hybridized carbons (Fsp3) is 0.318. The van der Waals surface area contributed by atoms with Crippen molar-refractivity contribution in [3.63, 3.8) is 0 Å². The van der Waals surface area contributed by atoms with Crippen LogP contribution in [-0.2, 0) is 4.74 Å². The lowest BCUT2D eigenvalue weighted by molar-refractivity contribution is -0.921. The zero-order valence-electron chi connectivity index (χ0n) is 15.4. The largest absolute Gasteiger partial charge is 1.00 e. The van der Waals surface area contributed by atoms with Gasteiger partial charge in [0.15, 0.2) is 6.10 Å². The minimum absolute atomic E-state index is 0. The van der Waals surface area contributed by atoms with Crippen LogP contribution in [0, 0.1) is 12.3 Å². The van der Waals surface area contributed by atoms with E-state index in [0.717, 1.165) is 23.1 Å². The number of benzene rings is 2. The maximum atomic E-state index is 12.6. The van der Waals surface area contributed by atoms with Crippen LogP contribution in [0.25, 0.3) is 0 Å². The van der Waals surface area contributed by atoms with E-state index in [4.69, 9.17) is 11.2 Å². The number of hydrogen-bond donors (Lipinski definition) is 0. The van der Waals surface area contributed by atoms with Gasteiger partial charge in [0.25, 0.3) is 0 Å². The summed E-state index contributed by atoms with van der Waals surface area (Å²) in [6.07, 6.45) is 5.27. The third-order valence-corrected chi connectivity index (χ3v) is 4.75. The van der Waals surface area contributed by atoms with E-state index >= 15 is 0 Å². The van der Waals surface area contributed by atoms with E-state index in [9.17, 15) is 4.79 Å². The number of halogens is 1. The van der Waals surface area contributed by atoms with Gasteiger partial charge in [-0.1, -0.05) is 48.5 Å². The van der Waals surface area contributed by atoms with Crippen LogP contribution in [0.1, 0.15) is 35.9 Å². The van der Waals surface area contributed by atoms with Crippen molar-refractivity contribution in [3.05, 3.63) is 71.8 Å². The van der Waals surface area contributed by atoms with Crippen molar-refractivity contribution in [2.75, 3.05) is 26.2 Å². The van der Waals surface area contributed by atoms with Crippen molar-refractivity contribution in [2.24, 2.45) is 0 Å². The first-order valence-electron chi connectivity index (χ1n) is 8.73. The molecule has 0 aliphatic rings. The van der Waals surface area contributed by atoms with Crippen LogP contribution in [0.3, 0.4) is 0 Å². The number of nitrogens with zero attached hydrogens (tertiary/aromatic N) is 1. The molecule has 1 unspecified atom stereocenters. The third kappa shape index (κ3) is 5.72. The number of rotatable bonds is 8. The van der Waals surface area contributed by atoms with Crippen LogP contribution in [0.4, 0.5) is 0 Å². The van der Waals surface area contributed by atoms with Gasteiger partial charge in [-0.05, 0) is 37.5 Å². The van der Waals surface area contributed by atoms with Crippen LogP contribution in [0.2, 0.25) is 0 Å². The van der Waals surface area contributed by atoms with Crippen LogP contribution >= 0.6 is 0 Å². The second-order valence-corrected chi connectivity index (χ2v) is 6.19. The van der Waals surface area contributed by atoms with Crippen LogP contribution in [0.15, 0.2) is 60.7 Å². The van der Waals surface area contributed by atoms with Crippen molar-refractivity contribution in [3.8, 4) is 12.3 Å². The number of carbonyl (C=O) groups excluding carboxylic acids is 1. The molecule has 1 atom stereocenters. The van der Waals surface area contributed by atoms with Gasteiger partial charge in [-0.15, -0.1) is 6.42 Å². The molecule has 2 aromatic rings. The average Bonchev–Trinajstić information content (AvgIpc) is 2.68. The van der Waals surface area contributed by atoms with Gasteiger partial charge in [-0.25, -0.2) is 4.79 Å². The van der Waals surface area contributed by atoms with E-state index in [2.05, 4.69) is 19.8 Å². The molecule has 0 N–H and O–H groups in total. The van der Waals surface area contributed by atoms with Gasteiger partial charge in [0, 0.05) is 0 Å². The minimum Gasteiger partial charge on any atom is -1.00 e. The van der Waals surface area contributed by atoms with Gasteiger partial charge >= 0.3 is 5.97 Å². The lowest BCUT2D eigenvalue weighted by Gasteiger charge is -2.37. The molecule has 0 aliphatic carbocycles. The Morgan fingerprint density at radius 2 is 1.58 bits per heavy atom. The molecule has 0 heterocycles. The van der Waals surface area contributed by atoms with E-state index in [1.54, 1.807) is 12.1 Å². The second-order valence-electron chi connectivity index (χ2n) is 6.19. The lowest BCUT2D eigenvalue weighted by atomic mass is 10.1. The van der Waals surface area contributed by atoms with E-state index in [0.29, 0.717) is 18.7 Å². The Hall–Kier alpha value is -2.09. The van der Waals surface area contributed by atoms with Crippen molar-refractivity contribution in [1.29, 1.82) is 0 Å². The molecule has 0 amide bonds. The maximum absolute atomic E-state index is 12.6.